The van der Waals surface area contributed by atoms with E-state index < -0.39 is 22.8 Å². The SMILES string of the molecule is CN1C(=O)NC(=O)/C(=C\c2cc([N+](=O)[O-])ccc2N2CCSCC2)C1=O. The van der Waals surface area contributed by atoms with Gasteiger partial charge in [0.05, 0.1) is 4.92 Å². The number of nitro groups is 1. The van der Waals surface area contributed by atoms with Crippen molar-refractivity contribution in [2.45, 2.75) is 0 Å². The molecular weight excluding hydrogens is 360 g/mol. The fraction of sp³-hybridized carbons (Fsp3) is 0.312. The first-order chi connectivity index (χ1) is 12.4. The van der Waals surface area contributed by atoms with Gasteiger partial charge in [-0.3, -0.25) is 29.9 Å². The predicted molar refractivity (Wildman–Crippen MR) is 96.9 cm³/mol. The van der Waals surface area contributed by atoms with Crippen molar-refractivity contribution in [3.8, 4) is 0 Å². The van der Waals surface area contributed by atoms with Gasteiger partial charge in [-0.25, -0.2) is 4.79 Å². The van der Waals surface area contributed by atoms with E-state index in [0.717, 1.165) is 29.5 Å². The molecule has 0 saturated carbocycles. The number of hydrogen-bond donors (Lipinski definition) is 1. The molecule has 0 atom stereocenters. The van der Waals surface area contributed by atoms with Crippen LogP contribution in [0, 0.1) is 10.1 Å². The summed E-state index contributed by atoms with van der Waals surface area (Å²) < 4.78 is 0. The van der Waals surface area contributed by atoms with Crippen LogP contribution < -0.4 is 10.2 Å². The number of anilines is 1. The van der Waals surface area contributed by atoms with Gasteiger partial charge in [-0.2, -0.15) is 11.8 Å². The third-order valence-electron chi connectivity index (χ3n) is 4.18. The molecule has 1 aromatic carbocycles. The Morgan fingerprint density at radius 2 is 1.92 bits per heavy atom. The van der Waals surface area contributed by atoms with E-state index in [9.17, 15) is 24.5 Å². The molecule has 136 valence electrons. The number of nitrogens with one attached hydrogen (secondary N) is 1. The number of carbonyl (C=O) groups is 3. The van der Waals surface area contributed by atoms with Crippen LogP contribution in [-0.4, -0.2) is 59.3 Å². The molecule has 26 heavy (non-hydrogen) atoms. The quantitative estimate of drug-likeness (QED) is 0.365. The Kier molecular flexibility index (Phi) is 4.94. The Morgan fingerprint density at radius 3 is 2.58 bits per heavy atom. The summed E-state index contributed by atoms with van der Waals surface area (Å²) in [4.78, 5) is 49.3. The Labute approximate surface area is 153 Å². The van der Waals surface area contributed by atoms with Gasteiger partial charge in [-0.05, 0) is 12.1 Å². The van der Waals surface area contributed by atoms with Crippen LogP contribution in [0.1, 0.15) is 5.56 Å². The van der Waals surface area contributed by atoms with Crippen LogP contribution in [0.2, 0.25) is 0 Å². The molecular formula is C16H16N4O5S. The number of amides is 4. The first-order valence-corrected chi connectivity index (χ1v) is 9.00. The third-order valence-corrected chi connectivity index (χ3v) is 5.12. The zero-order chi connectivity index (χ0) is 18.8. The summed E-state index contributed by atoms with van der Waals surface area (Å²) in [6.45, 7) is 1.52. The molecule has 2 fully saturated rings. The Bertz CT molecular complexity index is 832. The average molecular weight is 376 g/mol. The van der Waals surface area contributed by atoms with Gasteiger partial charge in [-0.1, -0.05) is 0 Å². The molecule has 0 radical (unpaired) electrons. The lowest BCUT2D eigenvalue weighted by Gasteiger charge is -2.30. The van der Waals surface area contributed by atoms with E-state index in [1.807, 2.05) is 11.8 Å². The van der Waals surface area contributed by atoms with Crippen LogP contribution in [0.5, 0.6) is 0 Å². The smallest absolute Gasteiger partial charge is 0.331 e. The maximum atomic E-state index is 12.3. The number of thioether (sulfide) groups is 1. The number of barbiturate groups is 1. The normalized spacial score (nSPS) is 19.7. The predicted octanol–water partition coefficient (Wildman–Crippen LogP) is 1.24. The van der Waals surface area contributed by atoms with Gasteiger partial charge in [-0.15, -0.1) is 0 Å². The number of nitrogens with zero attached hydrogens (tertiary/aromatic N) is 3. The fourth-order valence-corrected chi connectivity index (χ4v) is 3.67. The van der Waals surface area contributed by atoms with Gasteiger partial charge in [0.1, 0.15) is 5.57 Å². The molecule has 0 aromatic heterocycles. The van der Waals surface area contributed by atoms with E-state index in [1.165, 1.54) is 25.3 Å². The van der Waals surface area contributed by atoms with Crippen molar-refractivity contribution in [1.29, 1.82) is 0 Å². The van der Waals surface area contributed by atoms with Crippen molar-refractivity contribution in [1.82, 2.24) is 10.2 Å². The van der Waals surface area contributed by atoms with Crippen molar-refractivity contribution in [2.24, 2.45) is 0 Å². The van der Waals surface area contributed by atoms with E-state index in [-0.39, 0.29) is 11.3 Å². The second-order valence-corrected chi connectivity index (χ2v) is 7.01. The summed E-state index contributed by atoms with van der Waals surface area (Å²) in [6, 6.07) is 3.56. The lowest BCUT2D eigenvalue weighted by molar-refractivity contribution is -0.384. The minimum Gasteiger partial charge on any atom is -0.369 e. The van der Waals surface area contributed by atoms with Crippen molar-refractivity contribution >= 4 is 47.1 Å². The zero-order valence-electron chi connectivity index (χ0n) is 13.9. The number of hydrogen-bond acceptors (Lipinski definition) is 7. The molecule has 2 aliphatic rings. The molecule has 1 N–H and O–H groups in total. The van der Waals surface area contributed by atoms with E-state index in [0.29, 0.717) is 11.3 Å². The van der Waals surface area contributed by atoms with Crippen LogP contribution in [0.4, 0.5) is 16.2 Å². The number of urea groups is 1. The van der Waals surface area contributed by atoms with Crippen molar-refractivity contribution < 1.29 is 19.3 Å². The van der Waals surface area contributed by atoms with E-state index in [2.05, 4.69) is 10.2 Å². The molecule has 3 rings (SSSR count). The van der Waals surface area contributed by atoms with Gasteiger partial charge in [0, 0.05) is 55.0 Å². The summed E-state index contributed by atoms with van der Waals surface area (Å²) in [5.41, 5.74) is 0.733. The number of carbonyl (C=O) groups excluding carboxylic acids is 3. The van der Waals surface area contributed by atoms with Crippen LogP contribution in [0.15, 0.2) is 23.8 Å². The number of benzene rings is 1. The third kappa shape index (κ3) is 3.40. The van der Waals surface area contributed by atoms with Crippen molar-refractivity contribution in [3.05, 3.63) is 39.4 Å². The zero-order valence-corrected chi connectivity index (χ0v) is 14.7. The van der Waals surface area contributed by atoms with Gasteiger partial charge >= 0.3 is 6.03 Å². The lowest BCUT2D eigenvalue weighted by Crippen LogP contribution is -2.52. The molecule has 2 saturated heterocycles. The summed E-state index contributed by atoms with van der Waals surface area (Å²) in [5.74, 6) is 0.281. The van der Waals surface area contributed by atoms with E-state index in [4.69, 9.17) is 0 Å². The highest BCUT2D eigenvalue weighted by Gasteiger charge is 2.33. The molecule has 10 heteroatoms. The standard InChI is InChI=1S/C16H16N4O5S/c1-18-15(22)12(14(21)17-16(18)23)9-10-8-11(20(24)25)2-3-13(10)19-4-6-26-7-5-19/h2-3,8-9H,4-7H2,1H3,(H,17,21,23)/b12-9+. The minimum atomic E-state index is -0.815. The molecule has 2 heterocycles. The highest BCUT2D eigenvalue weighted by molar-refractivity contribution is 7.99. The van der Waals surface area contributed by atoms with E-state index in [1.54, 1.807) is 6.07 Å². The Balaban J connectivity index is 2.07. The van der Waals surface area contributed by atoms with Crippen LogP contribution in [-0.2, 0) is 9.59 Å². The van der Waals surface area contributed by atoms with Crippen LogP contribution >= 0.6 is 11.8 Å². The first-order valence-electron chi connectivity index (χ1n) is 7.84. The monoisotopic (exact) mass is 376 g/mol. The second kappa shape index (κ2) is 7.16. The molecule has 1 aromatic rings. The summed E-state index contributed by atoms with van der Waals surface area (Å²) >= 11 is 1.82. The van der Waals surface area contributed by atoms with Gasteiger partial charge in [0.2, 0.25) is 0 Å². The molecule has 0 unspecified atom stereocenters. The number of imide groups is 2. The number of nitro benzene ring substituents is 1. The summed E-state index contributed by atoms with van der Waals surface area (Å²) in [5, 5.41) is 13.2. The average Bonchev–Trinajstić information content (AvgIpc) is 2.64. The molecule has 0 spiro atoms. The Morgan fingerprint density at radius 1 is 1.23 bits per heavy atom. The fourth-order valence-electron chi connectivity index (χ4n) is 2.76. The maximum absolute atomic E-state index is 12.3. The number of likely N-dealkylation sites (N-methyl/N-ethyl adjacent to an activating group) is 1. The summed E-state index contributed by atoms with van der Waals surface area (Å²) in [7, 11) is 1.26. The molecule has 0 aliphatic carbocycles. The van der Waals surface area contributed by atoms with Gasteiger partial charge in [0.15, 0.2) is 0 Å². The summed E-state index contributed by atoms with van der Waals surface area (Å²) in [6.07, 6.45) is 1.31. The minimum absolute atomic E-state index is 0.139. The topological polar surface area (TPSA) is 113 Å². The van der Waals surface area contributed by atoms with Gasteiger partial charge < -0.3 is 4.90 Å². The van der Waals surface area contributed by atoms with Gasteiger partial charge in [0.25, 0.3) is 17.5 Å². The van der Waals surface area contributed by atoms with E-state index >= 15 is 0 Å². The highest BCUT2D eigenvalue weighted by Crippen LogP contribution is 2.30. The highest BCUT2D eigenvalue weighted by atomic mass is 32.2. The maximum Gasteiger partial charge on any atom is 0.331 e. The Hall–Kier alpha value is -2.88. The first kappa shape index (κ1) is 17.9. The van der Waals surface area contributed by atoms with Crippen molar-refractivity contribution in [2.75, 3.05) is 36.5 Å². The largest absolute Gasteiger partial charge is 0.369 e. The number of non-ortho nitro benzene ring substituents is 1. The second-order valence-electron chi connectivity index (χ2n) is 5.78. The molecule has 4 amide bonds. The lowest BCUT2D eigenvalue weighted by atomic mass is 10.0. The molecule has 9 nitrogen and oxygen atoms in total. The molecule has 2 aliphatic heterocycles. The van der Waals surface area contributed by atoms with Crippen LogP contribution in [0.25, 0.3) is 6.08 Å². The van der Waals surface area contributed by atoms with Crippen molar-refractivity contribution in [3.63, 3.8) is 0 Å². The molecule has 0 bridgehead atoms. The number of rotatable bonds is 3. The van der Waals surface area contributed by atoms with Crippen LogP contribution in [0.3, 0.4) is 0 Å².